The summed E-state index contributed by atoms with van der Waals surface area (Å²) >= 11 is 0. The molecule has 0 aromatic carbocycles. The van der Waals surface area contributed by atoms with Crippen LogP contribution in [0, 0.1) is 0 Å². The standard InChI is InChI=1S/C42H72O9/c1-3-5-7-9-10-11-12-13-14-15-16-17-18-19-20-21-22-23-24-25-26-27-28-30-32-48-34-36(50-38(44)31-29-8-6-4-2)35-49-42-41(47)40(46)39(45)37(33-43)51-42/h5,7,10-11,13-14,16-17,19-20,36-37,39-43,45-47H,3-4,6,8-9,12,15,18,21-35H2,1-2H3/b7-5-,11-10-,14-13-,17-16-,20-19-. The van der Waals surface area contributed by atoms with Gasteiger partial charge < -0.3 is 39.4 Å². The van der Waals surface area contributed by atoms with E-state index in [1.54, 1.807) is 0 Å². The average Bonchev–Trinajstić information content (AvgIpc) is 3.13. The zero-order valence-electron chi connectivity index (χ0n) is 31.8. The first-order valence-corrected chi connectivity index (χ1v) is 19.9. The van der Waals surface area contributed by atoms with E-state index in [1.807, 2.05) is 0 Å². The second-order valence-corrected chi connectivity index (χ2v) is 13.4. The number of hydrogen-bond donors (Lipinski definition) is 4. The van der Waals surface area contributed by atoms with Gasteiger partial charge >= 0.3 is 5.97 Å². The van der Waals surface area contributed by atoms with E-state index in [-0.39, 0.29) is 19.2 Å². The summed E-state index contributed by atoms with van der Waals surface area (Å²) in [6.45, 7) is 4.27. The third-order valence-electron chi connectivity index (χ3n) is 8.70. The predicted octanol–water partition coefficient (Wildman–Crippen LogP) is 7.96. The predicted molar refractivity (Wildman–Crippen MR) is 205 cm³/mol. The Morgan fingerprint density at radius 1 is 0.647 bits per heavy atom. The Kier molecular flexibility index (Phi) is 31.0. The molecule has 0 saturated carbocycles. The van der Waals surface area contributed by atoms with E-state index in [0.717, 1.165) is 83.5 Å². The van der Waals surface area contributed by atoms with E-state index in [1.165, 1.54) is 32.1 Å². The Balaban J connectivity index is 2.14. The molecule has 0 aromatic heterocycles. The molecule has 1 saturated heterocycles. The van der Waals surface area contributed by atoms with Crippen molar-refractivity contribution in [2.45, 2.75) is 173 Å². The number of aliphatic hydroxyl groups excluding tert-OH is 4. The molecule has 51 heavy (non-hydrogen) atoms. The monoisotopic (exact) mass is 721 g/mol. The van der Waals surface area contributed by atoms with E-state index < -0.39 is 43.4 Å². The van der Waals surface area contributed by atoms with Crippen LogP contribution in [0.2, 0.25) is 0 Å². The molecule has 0 radical (unpaired) electrons. The van der Waals surface area contributed by atoms with Crippen LogP contribution in [0.4, 0.5) is 0 Å². The maximum absolute atomic E-state index is 12.4. The number of unbranched alkanes of at least 4 members (excludes halogenated alkanes) is 11. The third kappa shape index (κ3) is 25.5. The molecule has 6 atom stereocenters. The molecule has 0 aliphatic carbocycles. The molecule has 6 unspecified atom stereocenters. The van der Waals surface area contributed by atoms with Gasteiger partial charge in [-0.25, -0.2) is 0 Å². The van der Waals surface area contributed by atoms with Crippen LogP contribution in [0.15, 0.2) is 60.8 Å². The molecule has 4 N–H and O–H groups in total. The summed E-state index contributed by atoms with van der Waals surface area (Å²) in [6.07, 6.45) is 34.6. The summed E-state index contributed by atoms with van der Waals surface area (Å²) in [5, 5.41) is 39.7. The van der Waals surface area contributed by atoms with Crippen LogP contribution in [0.25, 0.3) is 0 Å². The Morgan fingerprint density at radius 3 is 1.78 bits per heavy atom. The lowest BCUT2D eigenvalue weighted by Gasteiger charge is -2.39. The van der Waals surface area contributed by atoms with Crippen molar-refractivity contribution < 1.29 is 44.2 Å². The zero-order valence-corrected chi connectivity index (χ0v) is 31.8. The number of hydrogen-bond acceptors (Lipinski definition) is 9. The Hall–Kier alpha value is -2.11. The highest BCUT2D eigenvalue weighted by Crippen LogP contribution is 2.22. The molecule has 0 bridgehead atoms. The highest BCUT2D eigenvalue weighted by Gasteiger charge is 2.44. The Labute approximate surface area is 309 Å². The van der Waals surface area contributed by atoms with Crippen LogP contribution < -0.4 is 0 Å². The van der Waals surface area contributed by atoms with Crippen molar-refractivity contribution in [2.75, 3.05) is 26.4 Å². The first-order chi connectivity index (χ1) is 24.9. The lowest BCUT2D eigenvalue weighted by Crippen LogP contribution is -2.59. The van der Waals surface area contributed by atoms with Crippen LogP contribution in [0.1, 0.15) is 136 Å². The van der Waals surface area contributed by atoms with Gasteiger partial charge in [0, 0.05) is 13.0 Å². The largest absolute Gasteiger partial charge is 0.457 e. The minimum absolute atomic E-state index is 0.121. The number of carbonyl (C=O) groups excluding carboxylic acids is 1. The molecule has 9 nitrogen and oxygen atoms in total. The highest BCUT2D eigenvalue weighted by atomic mass is 16.7. The Bertz CT molecular complexity index is 958. The van der Waals surface area contributed by atoms with Crippen LogP contribution in [0.3, 0.4) is 0 Å². The number of allylic oxidation sites excluding steroid dienone is 10. The molecule has 1 aliphatic rings. The molecule has 1 rings (SSSR count). The molecular weight excluding hydrogens is 648 g/mol. The average molecular weight is 721 g/mol. The van der Waals surface area contributed by atoms with E-state index in [2.05, 4.69) is 74.6 Å². The minimum Gasteiger partial charge on any atom is -0.457 e. The number of esters is 1. The van der Waals surface area contributed by atoms with E-state index in [9.17, 15) is 25.2 Å². The molecule has 1 aliphatic heterocycles. The van der Waals surface area contributed by atoms with Crippen molar-refractivity contribution in [1.82, 2.24) is 0 Å². The molecular formula is C42H72O9. The summed E-state index contributed by atoms with van der Waals surface area (Å²) in [5.41, 5.74) is 0. The van der Waals surface area contributed by atoms with Crippen LogP contribution in [-0.2, 0) is 23.7 Å². The van der Waals surface area contributed by atoms with Gasteiger partial charge in [-0.05, 0) is 57.8 Å². The number of carbonyl (C=O) groups is 1. The molecule has 9 heteroatoms. The highest BCUT2D eigenvalue weighted by molar-refractivity contribution is 5.69. The Morgan fingerprint density at radius 2 is 1.20 bits per heavy atom. The van der Waals surface area contributed by atoms with Crippen LogP contribution in [-0.4, -0.2) is 89.6 Å². The van der Waals surface area contributed by atoms with Crippen molar-refractivity contribution in [3.63, 3.8) is 0 Å². The lowest BCUT2D eigenvalue weighted by molar-refractivity contribution is -0.305. The fourth-order valence-corrected chi connectivity index (χ4v) is 5.57. The zero-order chi connectivity index (χ0) is 37.2. The molecule has 1 heterocycles. The smallest absolute Gasteiger partial charge is 0.306 e. The summed E-state index contributed by atoms with van der Waals surface area (Å²) in [4.78, 5) is 12.4. The van der Waals surface area contributed by atoms with E-state index in [4.69, 9.17) is 18.9 Å². The summed E-state index contributed by atoms with van der Waals surface area (Å²) in [7, 11) is 0. The van der Waals surface area contributed by atoms with Crippen molar-refractivity contribution in [2.24, 2.45) is 0 Å². The molecule has 294 valence electrons. The maximum atomic E-state index is 12.4. The molecule has 0 aromatic rings. The van der Waals surface area contributed by atoms with E-state index >= 15 is 0 Å². The fourth-order valence-electron chi connectivity index (χ4n) is 5.57. The van der Waals surface area contributed by atoms with Gasteiger partial charge in [-0.3, -0.25) is 4.79 Å². The van der Waals surface area contributed by atoms with Crippen molar-refractivity contribution >= 4 is 5.97 Å². The van der Waals surface area contributed by atoms with Gasteiger partial charge in [0.15, 0.2) is 6.29 Å². The minimum atomic E-state index is -1.54. The van der Waals surface area contributed by atoms with Gasteiger partial charge in [0.2, 0.25) is 0 Å². The molecule has 1 fully saturated rings. The van der Waals surface area contributed by atoms with Gasteiger partial charge in [0.05, 0.1) is 19.8 Å². The van der Waals surface area contributed by atoms with Crippen molar-refractivity contribution in [1.29, 1.82) is 0 Å². The third-order valence-corrected chi connectivity index (χ3v) is 8.70. The van der Waals surface area contributed by atoms with E-state index in [0.29, 0.717) is 13.0 Å². The summed E-state index contributed by atoms with van der Waals surface area (Å²) in [5.74, 6) is -0.338. The lowest BCUT2D eigenvalue weighted by atomic mass is 9.99. The van der Waals surface area contributed by atoms with Gasteiger partial charge in [-0.1, -0.05) is 132 Å². The van der Waals surface area contributed by atoms with Crippen molar-refractivity contribution in [3.05, 3.63) is 60.8 Å². The molecule has 0 amide bonds. The van der Waals surface area contributed by atoms with Crippen LogP contribution >= 0.6 is 0 Å². The quantitative estimate of drug-likeness (QED) is 0.0310. The first kappa shape index (κ1) is 46.9. The fraction of sp³-hybridized carbons (Fsp3) is 0.738. The summed E-state index contributed by atoms with van der Waals surface area (Å²) < 4.78 is 22.5. The van der Waals surface area contributed by atoms with Gasteiger partial charge in [0.25, 0.3) is 0 Å². The number of rotatable bonds is 32. The molecule has 0 spiro atoms. The topological polar surface area (TPSA) is 135 Å². The number of aliphatic hydroxyl groups is 4. The van der Waals surface area contributed by atoms with Crippen molar-refractivity contribution in [3.8, 4) is 0 Å². The van der Waals surface area contributed by atoms with Gasteiger partial charge in [-0.15, -0.1) is 0 Å². The van der Waals surface area contributed by atoms with Gasteiger partial charge in [0.1, 0.15) is 30.5 Å². The second kappa shape index (κ2) is 33.7. The normalized spacial score (nSPS) is 22.0. The maximum Gasteiger partial charge on any atom is 0.306 e. The summed E-state index contributed by atoms with van der Waals surface area (Å²) in [6, 6.07) is 0. The van der Waals surface area contributed by atoms with Crippen LogP contribution in [0.5, 0.6) is 0 Å². The van der Waals surface area contributed by atoms with Gasteiger partial charge in [-0.2, -0.15) is 0 Å². The first-order valence-electron chi connectivity index (χ1n) is 19.9. The second-order valence-electron chi connectivity index (χ2n) is 13.4. The number of ether oxygens (including phenoxy) is 4. The SMILES string of the molecule is CC/C=C\C/C=C\C/C=C\C/C=C\C/C=C\CCCCCCCCCCOCC(COC1OC(CO)C(O)C(O)C1O)OC(=O)CCCCCC.